The van der Waals surface area contributed by atoms with Crippen LogP contribution in [0, 0.1) is 6.92 Å². The van der Waals surface area contributed by atoms with E-state index in [9.17, 15) is 4.79 Å². The SMILES string of the molecule is Cc1ccc2sc3c(c(=O)c2c1)CNCC3. The minimum Gasteiger partial charge on any atom is -0.312 e. The summed E-state index contributed by atoms with van der Waals surface area (Å²) in [6, 6.07) is 6.15. The third-order valence-corrected chi connectivity index (χ3v) is 4.33. The molecule has 0 spiro atoms. The zero-order chi connectivity index (χ0) is 11.1. The van der Waals surface area contributed by atoms with Crippen molar-refractivity contribution in [1.82, 2.24) is 5.32 Å². The molecule has 82 valence electrons. The molecule has 0 amide bonds. The van der Waals surface area contributed by atoms with Crippen molar-refractivity contribution in [3.8, 4) is 0 Å². The molecule has 1 aliphatic rings. The standard InChI is InChI=1S/C13H13NOS/c1-8-2-3-11-9(6-8)13(15)10-7-14-5-4-12(10)16-11/h2-3,6,14H,4-5,7H2,1H3. The lowest BCUT2D eigenvalue weighted by Gasteiger charge is -2.16. The Labute approximate surface area is 97.9 Å². The monoisotopic (exact) mass is 231 g/mol. The van der Waals surface area contributed by atoms with Gasteiger partial charge in [-0.25, -0.2) is 0 Å². The van der Waals surface area contributed by atoms with Crippen molar-refractivity contribution in [2.24, 2.45) is 0 Å². The maximum absolute atomic E-state index is 12.3. The fraction of sp³-hybridized carbons (Fsp3) is 0.308. The third-order valence-electron chi connectivity index (χ3n) is 3.05. The number of rotatable bonds is 0. The maximum Gasteiger partial charge on any atom is 0.192 e. The van der Waals surface area contributed by atoms with E-state index >= 15 is 0 Å². The quantitative estimate of drug-likeness (QED) is 0.753. The third kappa shape index (κ3) is 1.47. The van der Waals surface area contributed by atoms with Crippen LogP contribution < -0.4 is 10.7 Å². The molecule has 0 aliphatic carbocycles. The normalized spacial score (nSPS) is 15.1. The van der Waals surface area contributed by atoms with Gasteiger partial charge in [0.1, 0.15) is 0 Å². The van der Waals surface area contributed by atoms with E-state index in [1.165, 1.54) is 4.88 Å². The number of hydrogen-bond acceptors (Lipinski definition) is 3. The predicted molar refractivity (Wildman–Crippen MR) is 68.2 cm³/mol. The largest absolute Gasteiger partial charge is 0.312 e. The summed E-state index contributed by atoms with van der Waals surface area (Å²) in [5.74, 6) is 0. The van der Waals surface area contributed by atoms with Gasteiger partial charge in [-0.3, -0.25) is 4.79 Å². The Morgan fingerprint density at radius 3 is 3.12 bits per heavy atom. The van der Waals surface area contributed by atoms with Crippen LogP contribution in [-0.4, -0.2) is 6.54 Å². The summed E-state index contributed by atoms with van der Waals surface area (Å²) in [7, 11) is 0. The summed E-state index contributed by atoms with van der Waals surface area (Å²) in [5.41, 5.74) is 2.36. The number of aryl methyl sites for hydroxylation is 1. The topological polar surface area (TPSA) is 29.1 Å². The molecule has 1 aromatic heterocycles. The van der Waals surface area contributed by atoms with Gasteiger partial charge in [-0.1, -0.05) is 11.6 Å². The van der Waals surface area contributed by atoms with Gasteiger partial charge in [0.15, 0.2) is 5.43 Å². The zero-order valence-electron chi connectivity index (χ0n) is 9.17. The first-order valence-corrected chi connectivity index (χ1v) is 6.33. The first-order valence-electron chi connectivity index (χ1n) is 5.51. The summed E-state index contributed by atoms with van der Waals surface area (Å²) in [5, 5.41) is 4.15. The van der Waals surface area contributed by atoms with E-state index in [4.69, 9.17) is 0 Å². The molecule has 1 aliphatic heterocycles. The van der Waals surface area contributed by atoms with Crippen molar-refractivity contribution < 1.29 is 0 Å². The molecule has 2 nitrogen and oxygen atoms in total. The van der Waals surface area contributed by atoms with Gasteiger partial charge in [-0.05, 0) is 25.5 Å². The summed E-state index contributed by atoms with van der Waals surface area (Å²) < 4.78 is 1.12. The van der Waals surface area contributed by atoms with E-state index in [0.717, 1.165) is 40.7 Å². The number of benzene rings is 1. The van der Waals surface area contributed by atoms with Gasteiger partial charge in [0.25, 0.3) is 0 Å². The summed E-state index contributed by atoms with van der Waals surface area (Å²) in [6.45, 7) is 3.75. The number of fused-ring (bicyclic) bond motifs is 2. The highest BCUT2D eigenvalue weighted by Gasteiger charge is 2.15. The van der Waals surface area contributed by atoms with Crippen molar-refractivity contribution in [2.45, 2.75) is 19.9 Å². The van der Waals surface area contributed by atoms with Gasteiger partial charge in [0.2, 0.25) is 0 Å². The van der Waals surface area contributed by atoms with Crippen LogP contribution in [0.15, 0.2) is 23.0 Å². The van der Waals surface area contributed by atoms with Crippen molar-refractivity contribution in [3.05, 3.63) is 44.4 Å². The molecule has 2 heterocycles. The second-order valence-corrected chi connectivity index (χ2v) is 5.40. The van der Waals surface area contributed by atoms with Crippen LogP contribution >= 0.6 is 11.3 Å². The van der Waals surface area contributed by atoms with Gasteiger partial charge in [0, 0.05) is 33.6 Å². The van der Waals surface area contributed by atoms with Crippen LogP contribution in [0.4, 0.5) is 0 Å². The molecule has 0 saturated heterocycles. The van der Waals surface area contributed by atoms with Gasteiger partial charge >= 0.3 is 0 Å². The summed E-state index contributed by atoms with van der Waals surface area (Å²) in [6.07, 6.45) is 0.985. The highest BCUT2D eigenvalue weighted by Crippen LogP contribution is 2.24. The molecule has 0 atom stereocenters. The minimum atomic E-state index is 0.222. The molecule has 1 aromatic carbocycles. The van der Waals surface area contributed by atoms with E-state index in [1.54, 1.807) is 11.3 Å². The van der Waals surface area contributed by atoms with Crippen molar-refractivity contribution in [1.29, 1.82) is 0 Å². The van der Waals surface area contributed by atoms with E-state index in [0.29, 0.717) is 0 Å². The molecular weight excluding hydrogens is 218 g/mol. The van der Waals surface area contributed by atoms with Crippen LogP contribution in [0.25, 0.3) is 10.1 Å². The van der Waals surface area contributed by atoms with Crippen molar-refractivity contribution in [3.63, 3.8) is 0 Å². The smallest absolute Gasteiger partial charge is 0.192 e. The van der Waals surface area contributed by atoms with E-state index in [2.05, 4.69) is 17.4 Å². The molecule has 1 N–H and O–H groups in total. The molecule has 0 saturated carbocycles. The van der Waals surface area contributed by atoms with Crippen LogP contribution in [0.3, 0.4) is 0 Å². The molecule has 3 rings (SSSR count). The molecular formula is C13H13NOS. The fourth-order valence-electron chi connectivity index (χ4n) is 2.19. The average Bonchev–Trinajstić information content (AvgIpc) is 2.31. The average molecular weight is 231 g/mol. The first-order chi connectivity index (χ1) is 7.75. The lowest BCUT2D eigenvalue weighted by Crippen LogP contribution is -2.28. The van der Waals surface area contributed by atoms with E-state index < -0.39 is 0 Å². The summed E-state index contributed by atoms with van der Waals surface area (Å²) in [4.78, 5) is 13.6. The lowest BCUT2D eigenvalue weighted by molar-refractivity contribution is 0.649. The summed E-state index contributed by atoms with van der Waals surface area (Å²) >= 11 is 1.77. The molecule has 0 radical (unpaired) electrons. The van der Waals surface area contributed by atoms with Gasteiger partial charge in [-0.2, -0.15) is 0 Å². The molecule has 2 aromatic rings. The molecule has 0 fully saturated rings. The van der Waals surface area contributed by atoms with Crippen LogP contribution in [-0.2, 0) is 13.0 Å². The Kier molecular flexibility index (Phi) is 2.30. The van der Waals surface area contributed by atoms with Crippen molar-refractivity contribution in [2.75, 3.05) is 6.54 Å². The molecule has 0 unspecified atom stereocenters. The minimum absolute atomic E-state index is 0.222. The first kappa shape index (κ1) is 10.00. The maximum atomic E-state index is 12.3. The fourth-order valence-corrected chi connectivity index (χ4v) is 3.35. The molecule has 16 heavy (non-hydrogen) atoms. The Bertz CT molecular complexity index is 615. The molecule has 3 heteroatoms. The van der Waals surface area contributed by atoms with Crippen LogP contribution in [0.1, 0.15) is 16.0 Å². The van der Waals surface area contributed by atoms with Gasteiger partial charge < -0.3 is 5.32 Å². The highest BCUT2D eigenvalue weighted by molar-refractivity contribution is 7.18. The van der Waals surface area contributed by atoms with Gasteiger partial charge in [-0.15, -0.1) is 11.3 Å². The highest BCUT2D eigenvalue weighted by atomic mass is 32.1. The lowest BCUT2D eigenvalue weighted by atomic mass is 10.1. The Balaban J connectivity index is 2.40. The Morgan fingerprint density at radius 1 is 1.38 bits per heavy atom. The van der Waals surface area contributed by atoms with Crippen LogP contribution in [0.5, 0.6) is 0 Å². The van der Waals surface area contributed by atoms with E-state index in [-0.39, 0.29) is 5.43 Å². The number of hydrogen-bond donors (Lipinski definition) is 1. The van der Waals surface area contributed by atoms with Gasteiger partial charge in [0.05, 0.1) is 0 Å². The predicted octanol–water partition coefficient (Wildman–Crippen LogP) is 2.22. The Hall–Kier alpha value is -1.19. The number of nitrogens with one attached hydrogen (secondary N) is 1. The molecule has 0 bridgehead atoms. The van der Waals surface area contributed by atoms with E-state index in [1.807, 2.05) is 13.0 Å². The zero-order valence-corrected chi connectivity index (χ0v) is 9.99. The van der Waals surface area contributed by atoms with Crippen molar-refractivity contribution >= 4 is 21.4 Å². The Morgan fingerprint density at radius 2 is 2.25 bits per heavy atom. The van der Waals surface area contributed by atoms with Crippen LogP contribution in [0.2, 0.25) is 0 Å². The second kappa shape index (κ2) is 3.68. The second-order valence-electron chi connectivity index (χ2n) is 4.26.